The van der Waals surface area contributed by atoms with Crippen molar-refractivity contribution in [2.24, 2.45) is 14.1 Å². The van der Waals surface area contributed by atoms with Gasteiger partial charge in [-0.05, 0) is 19.2 Å². The molecule has 13 nitrogen and oxygen atoms in total. The SMILES string of the molecule is CN1CCN(C(=O)Nc2cc(Oc3cnc4nc(Nc5cc(C(F)(F)F)cn(C)c5=O)n(C)c4c3C#N)ccn2)CC1. The summed E-state index contributed by atoms with van der Waals surface area (Å²) in [7, 11) is 4.71. The predicted molar refractivity (Wildman–Crippen MR) is 146 cm³/mol. The summed E-state index contributed by atoms with van der Waals surface area (Å²) in [4.78, 5) is 41.6. The van der Waals surface area contributed by atoms with Crippen LogP contribution in [-0.4, -0.2) is 73.1 Å². The van der Waals surface area contributed by atoms with E-state index in [9.17, 15) is 28.0 Å². The second-order valence-electron chi connectivity index (χ2n) is 9.66. The van der Waals surface area contributed by atoms with E-state index in [0.717, 1.165) is 17.7 Å². The van der Waals surface area contributed by atoms with Crippen LogP contribution in [0.5, 0.6) is 11.5 Å². The normalized spacial score (nSPS) is 14.1. The molecule has 4 aromatic heterocycles. The Labute approximate surface area is 236 Å². The van der Waals surface area contributed by atoms with Crippen molar-refractivity contribution in [1.82, 2.24) is 33.9 Å². The molecule has 16 heteroatoms. The van der Waals surface area contributed by atoms with Gasteiger partial charge in [-0.15, -0.1) is 0 Å². The fourth-order valence-corrected chi connectivity index (χ4v) is 4.40. The van der Waals surface area contributed by atoms with Gasteiger partial charge >= 0.3 is 12.2 Å². The van der Waals surface area contributed by atoms with Crippen LogP contribution in [0.25, 0.3) is 11.2 Å². The molecule has 2 amide bonds. The Hall–Kier alpha value is -5.17. The van der Waals surface area contributed by atoms with Crippen molar-refractivity contribution in [3.05, 3.63) is 58.3 Å². The van der Waals surface area contributed by atoms with E-state index < -0.39 is 17.3 Å². The summed E-state index contributed by atoms with van der Waals surface area (Å²) in [6.45, 7) is 2.69. The first-order valence-electron chi connectivity index (χ1n) is 12.6. The molecular formula is C26H25F3N10O3. The average Bonchev–Trinajstić information content (AvgIpc) is 3.26. The van der Waals surface area contributed by atoms with Crippen LogP contribution in [0.3, 0.4) is 0 Å². The maximum absolute atomic E-state index is 13.3. The Morgan fingerprint density at radius 3 is 2.55 bits per heavy atom. The van der Waals surface area contributed by atoms with Gasteiger partial charge in [0.25, 0.3) is 5.56 Å². The maximum Gasteiger partial charge on any atom is 0.417 e. The number of fused-ring (bicyclic) bond motifs is 1. The molecule has 0 radical (unpaired) electrons. The van der Waals surface area contributed by atoms with E-state index in [1.165, 1.54) is 43.2 Å². The van der Waals surface area contributed by atoms with E-state index in [1.807, 2.05) is 7.05 Å². The van der Waals surface area contributed by atoms with Gasteiger partial charge in [0.1, 0.15) is 34.4 Å². The minimum atomic E-state index is -4.67. The predicted octanol–water partition coefficient (Wildman–Crippen LogP) is 3.27. The smallest absolute Gasteiger partial charge is 0.417 e. The molecule has 1 aliphatic rings. The number of aryl methyl sites for hydroxylation is 2. The Bertz CT molecular complexity index is 1770. The molecular weight excluding hydrogens is 557 g/mol. The summed E-state index contributed by atoms with van der Waals surface area (Å²) in [5.41, 5.74) is -1.72. The molecule has 4 aromatic rings. The molecule has 0 aromatic carbocycles. The summed E-state index contributed by atoms with van der Waals surface area (Å²) < 4.78 is 48.1. The highest BCUT2D eigenvalue weighted by molar-refractivity contribution is 5.88. The zero-order valence-corrected chi connectivity index (χ0v) is 22.7. The average molecular weight is 583 g/mol. The number of alkyl halides is 3. The van der Waals surface area contributed by atoms with Crippen LogP contribution in [0, 0.1) is 11.3 Å². The van der Waals surface area contributed by atoms with Crippen molar-refractivity contribution in [1.29, 1.82) is 5.26 Å². The van der Waals surface area contributed by atoms with Gasteiger partial charge in [0.05, 0.1) is 11.8 Å². The molecule has 218 valence electrons. The lowest BCUT2D eigenvalue weighted by Gasteiger charge is -2.32. The number of hydrogen-bond acceptors (Lipinski definition) is 9. The van der Waals surface area contributed by atoms with Crippen molar-refractivity contribution in [3.63, 3.8) is 0 Å². The second kappa shape index (κ2) is 11.0. The number of imidazole rings is 1. The van der Waals surface area contributed by atoms with Gasteiger partial charge in [0.2, 0.25) is 5.95 Å². The van der Waals surface area contributed by atoms with Gasteiger partial charge in [-0.3, -0.25) is 10.1 Å². The number of carbonyl (C=O) groups is 1. The Balaban J connectivity index is 1.41. The lowest BCUT2D eigenvalue weighted by atomic mass is 10.2. The number of likely N-dealkylation sites (N-methyl/N-ethyl adjacent to an activating group) is 1. The monoisotopic (exact) mass is 582 g/mol. The number of nitrogens with one attached hydrogen (secondary N) is 2. The number of carbonyl (C=O) groups excluding carboxylic acids is 1. The van der Waals surface area contributed by atoms with Gasteiger partial charge in [0, 0.05) is 58.7 Å². The first kappa shape index (κ1) is 28.4. The molecule has 0 unspecified atom stereocenters. The van der Waals surface area contributed by atoms with Crippen molar-refractivity contribution in [3.8, 4) is 17.6 Å². The van der Waals surface area contributed by atoms with Crippen molar-refractivity contribution in [2.45, 2.75) is 6.18 Å². The Morgan fingerprint density at radius 1 is 1.12 bits per heavy atom. The molecule has 0 atom stereocenters. The van der Waals surface area contributed by atoms with E-state index in [2.05, 4.69) is 36.6 Å². The van der Waals surface area contributed by atoms with Crippen molar-refractivity contribution < 1.29 is 22.7 Å². The van der Waals surface area contributed by atoms with E-state index in [-0.39, 0.29) is 51.7 Å². The molecule has 0 saturated carbocycles. The number of ether oxygens (including phenoxy) is 1. The van der Waals surface area contributed by atoms with E-state index in [1.54, 1.807) is 4.90 Å². The van der Waals surface area contributed by atoms with Crippen LogP contribution in [0.4, 0.5) is 35.4 Å². The molecule has 1 aliphatic heterocycles. The molecule has 5 heterocycles. The van der Waals surface area contributed by atoms with Gasteiger partial charge in [-0.1, -0.05) is 0 Å². The number of urea groups is 1. The molecule has 0 aliphatic carbocycles. The van der Waals surface area contributed by atoms with Crippen LogP contribution < -0.4 is 20.9 Å². The third-order valence-corrected chi connectivity index (χ3v) is 6.72. The van der Waals surface area contributed by atoms with Gasteiger partial charge in [-0.25, -0.2) is 14.8 Å². The zero-order chi connectivity index (χ0) is 30.2. The largest absolute Gasteiger partial charge is 0.454 e. The number of aromatic nitrogens is 5. The summed E-state index contributed by atoms with van der Waals surface area (Å²) in [5.74, 6) is 0.570. The molecule has 5 rings (SSSR count). The summed E-state index contributed by atoms with van der Waals surface area (Å²) in [5, 5.41) is 15.4. The Morgan fingerprint density at radius 2 is 1.86 bits per heavy atom. The number of rotatable bonds is 5. The molecule has 0 bridgehead atoms. The third kappa shape index (κ3) is 5.67. The highest BCUT2D eigenvalue weighted by Crippen LogP contribution is 2.33. The first-order valence-corrected chi connectivity index (χ1v) is 12.6. The minimum absolute atomic E-state index is 0.0135. The van der Waals surface area contributed by atoms with Crippen LogP contribution in [0.2, 0.25) is 0 Å². The fourth-order valence-electron chi connectivity index (χ4n) is 4.40. The van der Waals surface area contributed by atoms with Crippen LogP contribution >= 0.6 is 0 Å². The summed E-state index contributed by atoms with van der Waals surface area (Å²) in [6, 6.07) is 5.49. The number of amides is 2. The molecule has 2 N–H and O–H groups in total. The van der Waals surface area contributed by atoms with E-state index >= 15 is 0 Å². The lowest BCUT2D eigenvalue weighted by Crippen LogP contribution is -2.48. The minimum Gasteiger partial charge on any atom is -0.454 e. The van der Waals surface area contributed by atoms with Crippen LogP contribution in [0.1, 0.15) is 11.1 Å². The Kier molecular flexibility index (Phi) is 7.44. The van der Waals surface area contributed by atoms with Crippen LogP contribution in [-0.2, 0) is 20.3 Å². The van der Waals surface area contributed by atoms with Gasteiger partial charge in [0.15, 0.2) is 11.4 Å². The fraction of sp³-hybridized carbons (Fsp3) is 0.308. The number of pyridine rings is 3. The number of anilines is 3. The van der Waals surface area contributed by atoms with Crippen molar-refractivity contribution >= 4 is 34.6 Å². The highest BCUT2D eigenvalue weighted by Gasteiger charge is 2.32. The standard InChI is InChI=1S/C26H25F3N10O3/c1-36-6-8-39(9-7-36)25(41)34-20-11-16(4-5-31-20)42-19-13-32-22-21(17(19)12-30)38(3)24(35-22)33-18-10-15(26(27,28)29)14-37(2)23(18)40/h4-5,10-11,13-14H,6-9H2,1-3H3,(H,31,34,41)(H,32,33,35). The number of piperazine rings is 1. The zero-order valence-electron chi connectivity index (χ0n) is 22.7. The molecule has 1 fully saturated rings. The number of halogens is 3. The van der Waals surface area contributed by atoms with E-state index in [0.29, 0.717) is 25.4 Å². The molecule has 0 spiro atoms. The van der Waals surface area contributed by atoms with Crippen LogP contribution in [0.15, 0.2) is 41.6 Å². The van der Waals surface area contributed by atoms with Gasteiger partial charge in [-0.2, -0.15) is 23.4 Å². The third-order valence-electron chi connectivity index (χ3n) is 6.72. The molecule has 1 saturated heterocycles. The van der Waals surface area contributed by atoms with E-state index in [4.69, 9.17) is 4.74 Å². The van der Waals surface area contributed by atoms with Crippen molar-refractivity contribution in [2.75, 3.05) is 43.9 Å². The molecule has 42 heavy (non-hydrogen) atoms. The summed E-state index contributed by atoms with van der Waals surface area (Å²) >= 11 is 0. The van der Waals surface area contributed by atoms with Gasteiger partial charge < -0.3 is 29.0 Å². The number of nitrogens with zero attached hydrogens (tertiary/aromatic N) is 8. The quantitative estimate of drug-likeness (QED) is 0.362. The topological polar surface area (TPSA) is 146 Å². The highest BCUT2D eigenvalue weighted by atomic mass is 19.4. The number of hydrogen-bond donors (Lipinski definition) is 2. The lowest BCUT2D eigenvalue weighted by molar-refractivity contribution is -0.138. The maximum atomic E-state index is 13.3. The second-order valence-corrected chi connectivity index (χ2v) is 9.66. The number of nitriles is 1. The first-order chi connectivity index (χ1) is 19.9. The summed E-state index contributed by atoms with van der Waals surface area (Å²) in [6.07, 6.45) is -1.25.